The fraction of sp³-hybridized carbons (Fsp3) is 0.167. The van der Waals surface area contributed by atoms with Crippen LogP contribution in [0.4, 0.5) is 11.5 Å². The van der Waals surface area contributed by atoms with Crippen molar-refractivity contribution < 1.29 is 9.53 Å². The lowest BCUT2D eigenvalue weighted by Crippen LogP contribution is -2.26. The molecule has 0 saturated carbocycles. The third-order valence-corrected chi connectivity index (χ3v) is 3.83. The summed E-state index contributed by atoms with van der Waals surface area (Å²) in [5, 5.41) is 8.28. The molecule has 128 valence electrons. The van der Waals surface area contributed by atoms with Crippen LogP contribution in [0.5, 0.6) is 0 Å². The number of pyridine rings is 2. The average molecular weight is 357 g/mol. The summed E-state index contributed by atoms with van der Waals surface area (Å²) >= 11 is 5.80. The highest BCUT2D eigenvalue weighted by molar-refractivity contribution is 6.29. The first-order valence-corrected chi connectivity index (χ1v) is 8.09. The summed E-state index contributed by atoms with van der Waals surface area (Å²) in [6, 6.07) is 10.9. The minimum absolute atomic E-state index is 0.132. The first-order chi connectivity index (χ1) is 12.2. The van der Waals surface area contributed by atoms with E-state index < -0.39 is 0 Å². The number of benzene rings is 1. The van der Waals surface area contributed by atoms with Crippen molar-refractivity contribution in [2.45, 2.75) is 0 Å². The number of hydrogen-bond acceptors (Lipinski definition) is 5. The number of fused-ring (bicyclic) bond motifs is 1. The average Bonchev–Trinajstić information content (AvgIpc) is 2.63. The van der Waals surface area contributed by atoms with Crippen LogP contribution >= 0.6 is 11.6 Å². The molecule has 1 aromatic carbocycles. The Morgan fingerprint density at radius 2 is 2.08 bits per heavy atom. The Morgan fingerprint density at radius 1 is 1.20 bits per heavy atom. The van der Waals surface area contributed by atoms with Gasteiger partial charge in [0.2, 0.25) is 0 Å². The molecule has 3 aromatic rings. The first kappa shape index (κ1) is 17.1. The molecule has 3 rings (SSSR count). The molecule has 0 radical (unpaired) electrons. The van der Waals surface area contributed by atoms with E-state index in [0.29, 0.717) is 29.7 Å². The molecule has 0 aliphatic heterocycles. The van der Waals surface area contributed by atoms with Crippen LogP contribution in [-0.2, 0) is 4.74 Å². The maximum Gasteiger partial charge on any atom is 0.251 e. The first-order valence-electron chi connectivity index (χ1n) is 7.72. The van der Waals surface area contributed by atoms with Crippen molar-refractivity contribution in [2.24, 2.45) is 0 Å². The molecule has 0 atom stereocenters. The van der Waals surface area contributed by atoms with E-state index in [1.807, 2.05) is 24.3 Å². The lowest BCUT2D eigenvalue weighted by atomic mass is 10.1. The Labute approximate surface area is 150 Å². The molecule has 2 aromatic heterocycles. The Balaban J connectivity index is 1.84. The van der Waals surface area contributed by atoms with Crippen LogP contribution in [0.15, 0.2) is 48.8 Å². The van der Waals surface area contributed by atoms with Crippen molar-refractivity contribution in [3.63, 3.8) is 0 Å². The minimum atomic E-state index is -0.132. The number of rotatable bonds is 6. The molecule has 0 saturated heterocycles. The number of methoxy groups -OCH3 is 1. The summed E-state index contributed by atoms with van der Waals surface area (Å²) in [6.45, 7) is 0.951. The number of nitrogens with one attached hydrogen (secondary N) is 2. The van der Waals surface area contributed by atoms with Crippen LogP contribution in [-0.4, -0.2) is 36.1 Å². The molecule has 6 nitrogen and oxygen atoms in total. The van der Waals surface area contributed by atoms with E-state index in [1.54, 1.807) is 31.6 Å². The predicted octanol–water partition coefficient (Wildman–Crippen LogP) is 3.40. The highest BCUT2D eigenvalue weighted by atomic mass is 35.5. The van der Waals surface area contributed by atoms with Crippen molar-refractivity contribution >= 4 is 39.8 Å². The van der Waals surface area contributed by atoms with Gasteiger partial charge in [0.25, 0.3) is 5.91 Å². The zero-order chi connectivity index (χ0) is 17.6. The van der Waals surface area contributed by atoms with Gasteiger partial charge in [0, 0.05) is 30.8 Å². The van der Waals surface area contributed by atoms with Gasteiger partial charge >= 0.3 is 0 Å². The van der Waals surface area contributed by atoms with Gasteiger partial charge in [-0.15, -0.1) is 0 Å². The number of carbonyl (C=O) groups is 1. The Hall–Kier alpha value is -2.70. The molecule has 7 heteroatoms. The lowest BCUT2D eigenvalue weighted by Gasteiger charge is -2.10. The van der Waals surface area contributed by atoms with E-state index in [0.717, 1.165) is 16.5 Å². The maximum absolute atomic E-state index is 12.2. The molecular weight excluding hydrogens is 340 g/mol. The Kier molecular flexibility index (Phi) is 5.42. The van der Waals surface area contributed by atoms with E-state index in [2.05, 4.69) is 20.6 Å². The van der Waals surface area contributed by atoms with Gasteiger partial charge in [-0.05, 0) is 41.8 Å². The normalized spacial score (nSPS) is 10.6. The fourth-order valence-electron chi connectivity index (χ4n) is 2.37. The number of anilines is 2. The van der Waals surface area contributed by atoms with Crippen LogP contribution < -0.4 is 10.6 Å². The number of aromatic nitrogens is 2. The van der Waals surface area contributed by atoms with Crippen LogP contribution in [0.1, 0.15) is 10.4 Å². The molecule has 25 heavy (non-hydrogen) atoms. The van der Waals surface area contributed by atoms with E-state index in [1.165, 1.54) is 0 Å². The van der Waals surface area contributed by atoms with Crippen molar-refractivity contribution in [2.75, 3.05) is 25.6 Å². The molecule has 0 unspecified atom stereocenters. The molecular formula is C18H17ClN4O2. The molecule has 0 fully saturated rings. The minimum Gasteiger partial charge on any atom is -0.383 e. The highest BCUT2D eigenvalue weighted by Crippen LogP contribution is 2.25. The molecule has 0 spiro atoms. The smallest absolute Gasteiger partial charge is 0.251 e. The zero-order valence-electron chi connectivity index (χ0n) is 13.6. The quantitative estimate of drug-likeness (QED) is 0.523. The van der Waals surface area contributed by atoms with E-state index >= 15 is 0 Å². The summed E-state index contributed by atoms with van der Waals surface area (Å²) in [5.74, 6) is 0.556. The SMILES string of the molecule is COCCNC(=O)c1ccc2c(Nc3ccc(Cl)nc3)nccc2c1. The number of hydrogen-bond donors (Lipinski definition) is 2. The molecule has 2 N–H and O–H groups in total. The molecule has 0 aliphatic carbocycles. The second-order valence-electron chi connectivity index (χ2n) is 5.34. The van der Waals surface area contributed by atoms with Crippen molar-refractivity contribution in [1.82, 2.24) is 15.3 Å². The predicted molar refractivity (Wildman–Crippen MR) is 98.5 cm³/mol. The summed E-state index contributed by atoms with van der Waals surface area (Å²) in [7, 11) is 1.60. The molecule has 2 heterocycles. The van der Waals surface area contributed by atoms with Gasteiger partial charge in [0.05, 0.1) is 18.5 Å². The second kappa shape index (κ2) is 7.92. The van der Waals surface area contributed by atoms with Crippen molar-refractivity contribution in [3.8, 4) is 0 Å². The third kappa shape index (κ3) is 4.23. The summed E-state index contributed by atoms with van der Waals surface area (Å²) < 4.78 is 4.93. The van der Waals surface area contributed by atoms with Crippen molar-refractivity contribution in [1.29, 1.82) is 0 Å². The van der Waals surface area contributed by atoms with Crippen LogP contribution in [0, 0.1) is 0 Å². The van der Waals surface area contributed by atoms with Gasteiger partial charge in [0.1, 0.15) is 11.0 Å². The number of halogens is 1. The zero-order valence-corrected chi connectivity index (χ0v) is 14.4. The van der Waals surface area contributed by atoms with Gasteiger partial charge < -0.3 is 15.4 Å². The topological polar surface area (TPSA) is 76.1 Å². The Bertz CT molecular complexity index is 884. The van der Waals surface area contributed by atoms with E-state index in [4.69, 9.17) is 16.3 Å². The van der Waals surface area contributed by atoms with Gasteiger partial charge in [-0.25, -0.2) is 9.97 Å². The van der Waals surface area contributed by atoms with Gasteiger partial charge in [0.15, 0.2) is 0 Å². The van der Waals surface area contributed by atoms with Crippen LogP contribution in [0.3, 0.4) is 0 Å². The van der Waals surface area contributed by atoms with E-state index in [-0.39, 0.29) is 5.91 Å². The summed E-state index contributed by atoms with van der Waals surface area (Å²) in [5.41, 5.74) is 1.37. The summed E-state index contributed by atoms with van der Waals surface area (Å²) in [6.07, 6.45) is 3.33. The fourth-order valence-corrected chi connectivity index (χ4v) is 2.49. The molecule has 1 amide bonds. The molecule has 0 aliphatic rings. The lowest BCUT2D eigenvalue weighted by molar-refractivity contribution is 0.0937. The standard InChI is InChI=1S/C18H17ClN4O2/c1-25-9-8-21-18(24)13-2-4-15-12(10-13)6-7-20-17(15)23-14-3-5-16(19)22-11-14/h2-7,10-11H,8-9H2,1H3,(H,20,23)(H,21,24). The van der Waals surface area contributed by atoms with Gasteiger partial charge in [-0.1, -0.05) is 11.6 Å². The summed E-state index contributed by atoms with van der Waals surface area (Å²) in [4.78, 5) is 20.6. The van der Waals surface area contributed by atoms with Gasteiger partial charge in [-0.3, -0.25) is 4.79 Å². The monoisotopic (exact) mass is 356 g/mol. The highest BCUT2D eigenvalue weighted by Gasteiger charge is 2.09. The van der Waals surface area contributed by atoms with Crippen molar-refractivity contribution in [3.05, 3.63) is 59.5 Å². The number of nitrogens with zero attached hydrogens (tertiary/aromatic N) is 2. The van der Waals surface area contributed by atoms with Gasteiger partial charge in [-0.2, -0.15) is 0 Å². The second-order valence-corrected chi connectivity index (χ2v) is 5.73. The largest absolute Gasteiger partial charge is 0.383 e. The van der Waals surface area contributed by atoms with E-state index in [9.17, 15) is 4.79 Å². The number of ether oxygens (including phenoxy) is 1. The molecule has 0 bridgehead atoms. The number of amides is 1. The number of carbonyl (C=O) groups excluding carboxylic acids is 1. The Morgan fingerprint density at radius 3 is 2.84 bits per heavy atom. The van der Waals surface area contributed by atoms with Crippen LogP contribution in [0.2, 0.25) is 5.15 Å². The third-order valence-electron chi connectivity index (χ3n) is 3.61. The van der Waals surface area contributed by atoms with Crippen LogP contribution in [0.25, 0.3) is 10.8 Å². The maximum atomic E-state index is 12.2.